The molecule has 102 valence electrons. The fraction of sp³-hybridized carbons (Fsp3) is 0.571. The zero-order valence-corrected chi connectivity index (χ0v) is 12.2. The number of para-hydroxylation sites is 1. The number of aliphatic hydroxyl groups is 1. The van der Waals surface area contributed by atoms with Crippen molar-refractivity contribution >= 4 is 11.8 Å². The molecule has 2 unspecified atom stereocenters. The summed E-state index contributed by atoms with van der Waals surface area (Å²) in [5.74, 6) is 0.842. The summed E-state index contributed by atoms with van der Waals surface area (Å²) in [4.78, 5) is 0. The van der Waals surface area contributed by atoms with Crippen LogP contribution in [0.3, 0.4) is 0 Å². The Kier molecular flexibility index (Phi) is 7.16. The normalized spacial score (nSPS) is 14.2. The molecule has 2 N–H and O–H groups in total. The smallest absolute Gasteiger partial charge is 0.122 e. The lowest BCUT2D eigenvalue weighted by atomic mass is 10.2. The van der Waals surface area contributed by atoms with Gasteiger partial charge in [-0.25, -0.2) is 0 Å². The van der Waals surface area contributed by atoms with Gasteiger partial charge >= 0.3 is 0 Å². The van der Waals surface area contributed by atoms with Crippen LogP contribution in [-0.2, 0) is 0 Å². The third-order valence-corrected chi connectivity index (χ3v) is 3.71. The molecule has 0 saturated carbocycles. The summed E-state index contributed by atoms with van der Waals surface area (Å²) >= 11 is 1.81. The van der Waals surface area contributed by atoms with Gasteiger partial charge in [-0.2, -0.15) is 11.8 Å². The predicted molar refractivity (Wildman–Crippen MR) is 78.5 cm³/mol. The second-order valence-electron chi connectivity index (χ2n) is 4.43. The third-order valence-electron chi connectivity index (χ3n) is 2.74. The first-order valence-electron chi connectivity index (χ1n) is 6.23. The SMILES string of the molecule is CSC(C)CNCC(O)COc1ccccc1C. The van der Waals surface area contributed by atoms with Crippen LogP contribution in [0.4, 0.5) is 0 Å². The maximum Gasteiger partial charge on any atom is 0.122 e. The van der Waals surface area contributed by atoms with Crippen LogP contribution in [0.2, 0.25) is 0 Å². The Labute approximate surface area is 114 Å². The lowest BCUT2D eigenvalue weighted by Gasteiger charge is -2.15. The molecule has 3 nitrogen and oxygen atoms in total. The molecule has 0 aliphatic heterocycles. The standard InChI is InChI=1S/C14H23NO2S/c1-11-6-4-5-7-14(11)17-10-13(16)9-15-8-12(2)18-3/h4-7,12-13,15-16H,8-10H2,1-3H3. The minimum absolute atomic E-state index is 0.325. The molecular formula is C14H23NO2S. The van der Waals surface area contributed by atoms with Gasteiger partial charge in [0.15, 0.2) is 0 Å². The van der Waals surface area contributed by atoms with E-state index in [1.165, 1.54) is 0 Å². The molecule has 0 aliphatic rings. The van der Waals surface area contributed by atoms with Gasteiger partial charge in [-0.05, 0) is 24.8 Å². The van der Waals surface area contributed by atoms with Crippen molar-refractivity contribution in [2.24, 2.45) is 0 Å². The number of hydrogen-bond donors (Lipinski definition) is 2. The minimum Gasteiger partial charge on any atom is -0.491 e. The number of benzene rings is 1. The summed E-state index contributed by atoms with van der Waals surface area (Å²) in [6, 6.07) is 7.84. The highest BCUT2D eigenvalue weighted by atomic mass is 32.2. The molecule has 0 bridgehead atoms. The Balaban J connectivity index is 2.21. The first-order chi connectivity index (χ1) is 8.63. The van der Waals surface area contributed by atoms with Gasteiger partial charge in [-0.1, -0.05) is 25.1 Å². The zero-order chi connectivity index (χ0) is 13.4. The number of nitrogens with one attached hydrogen (secondary N) is 1. The zero-order valence-electron chi connectivity index (χ0n) is 11.3. The molecule has 0 aromatic heterocycles. The van der Waals surface area contributed by atoms with Crippen LogP contribution in [0.1, 0.15) is 12.5 Å². The number of ether oxygens (including phenoxy) is 1. The molecule has 4 heteroatoms. The van der Waals surface area contributed by atoms with E-state index in [4.69, 9.17) is 4.74 Å². The van der Waals surface area contributed by atoms with Crippen molar-refractivity contribution in [1.29, 1.82) is 0 Å². The number of rotatable bonds is 8. The van der Waals surface area contributed by atoms with Gasteiger partial charge in [-0.3, -0.25) is 0 Å². The molecule has 0 aliphatic carbocycles. The fourth-order valence-corrected chi connectivity index (χ4v) is 1.78. The second kappa shape index (κ2) is 8.40. The van der Waals surface area contributed by atoms with Gasteiger partial charge in [0, 0.05) is 18.3 Å². The van der Waals surface area contributed by atoms with Crippen LogP contribution in [0.15, 0.2) is 24.3 Å². The summed E-state index contributed by atoms with van der Waals surface area (Å²) in [7, 11) is 0. The molecule has 1 aromatic rings. The van der Waals surface area contributed by atoms with Gasteiger partial charge in [0.05, 0.1) is 0 Å². The van der Waals surface area contributed by atoms with E-state index in [-0.39, 0.29) is 0 Å². The van der Waals surface area contributed by atoms with E-state index in [9.17, 15) is 5.11 Å². The molecule has 0 radical (unpaired) electrons. The lowest BCUT2D eigenvalue weighted by Crippen LogP contribution is -2.34. The van der Waals surface area contributed by atoms with Crippen molar-refractivity contribution in [2.75, 3.05) is 26.0 Å². The van der Waals surface area contributed by atoms with Crippen molar-refractivity contribution in [3.05, 3.63) is 29.8 Å². The molecule has 0 spiro atoms. The Bertz CT molecular complexity index is 346. The first kappa shape index (κ1) is 15.3. The van der Waals surface area contributed by atoms with Gasteiger partial charge in [0.25, 0.3) is 0 Å². The van der Waals surface area contributed by atoms with Crippen LogP contribution in [0.25, 0.3) is 0 Å². The van der Waals surface area contributed by atoms with Crippen molar-refractivity contribution < 1.29 is 9.84 Å². The van der Waals surface area contributed by atoms with Gasteiger partial charge in [0.1, 0.15) is 18.5 Å². The van der Waals surface area contributed by atoms with Gasteiger partial charge in [0.2, 0.25) is 0 Å². The maximum absolute atomic E-state index is 9.79. The topological polar surface area (TPSA) is 41.5 Å². The molecule has 2 atom stereocenters. The summed E-state index contributed by atoms with van der Waals surface area (Å²) in [6.45, 7) is 5.96. The highest BCUT2D eigenvalue weighted by Crippen LogP contribution is 2.16. The van der Waals surface area contributed by atoms with Crippen LogP contribution in [-0.4, -0.2) is 42.4 Å². The molecule has 0 amide bonds. The quantitative estimate of drug-likeness (QED) is 0.758. The second-order valence-corrected chi connectivity index (χ2v) is 5.71. The van der Waals surface area contributed by atoms with Crippen molar-refractivity contribution in [1.82, 2.24) is 5.32 Å². The highest BCUT2D eigenvalue weighted by Gasteiger charge is 2.07. The summed E-state index contributed by atoms with van der Waals surface area (Å²) in [6.07, 6.45) is 1.61. The lowest BCUT2D eigenvalue weighted by molar-refractivity contribution is 0.106. The predicted octanol–water partition coefficient (Wildman–Crippen LogP) is 2.08. The molecule has 0 heterocycles. The van der Waals surface area contributed by atoms with Crippen LogP contribution in [0, 0.1) is 6.92 Å². The number of aryl methyl sites for hydroxylation is 1. The monoisotopic (exact) mass is 269 g/mol. The summed E-state index contributed by atoms with van der Waals surface area (Å²) in [5.41, 5.74) is 1.09. The number of aliphatic hydroxyl groups excluding tert-OH is 1. The van der Waals surface area contributed by atoms with E-state index in [0.717, 1.165) is 17.9 Å². The van der Waals surface area contributed by atoms with Crippen molar-refractivity contribution in [3.8, 4) is 5.75 Å². The Morgan fingerprint density at radius 1 is 1.33 bits per heavy atom. The van der Waals surface area contributed by atoms with E-state index >= 15 is 0 Å². The van der Waals surface area contributed by atoms with Crippen molar-refractivity contribution in [3.63, 3.8) is 0 Å². The van der Waals surface area contributed by atoms with Gasteiger partial charge < -0.3 is 15.2 Å². The van der Waals surface area contributed by atoms with E-state index < -0.39 is 6.10 Å². The highest BCUT2D eigenvalue weighted by molar-refractivity contribution is 7.99. The maximum atomic E-state index is 9.79. The van der Waals surface area contributed by atoms with E-state index in [1.807, 2.05) is 43.0 Å². The largest absolute Gasteiger partial charge is 0.491 e. The van der Waals surface area contributed by atoms with Crippen LogP contribution >= 0.6 is 11.8 Å². The van der Waals surface area contributed by atoms with Gasteiger partial charge in [-0.15, -0.1) is 0 Å². The van der Waals surface area contributed by atoms with E-state index in [0.29, 0.717) is 18.4 Å². The molecule has 1 aromatic carbocycles. The third kappa shape index (κ3) is 5.76. The number of hydrogen-bond acceptors (Lipinski definition) is 4. The molecule has 1 rings (SSSR count). The summed E-state index contributed by atoms with van der Waals surface area (Å²) < 4.78 is 5.59. The molecule has 0 fully saturated rings. The number of thioether (sulfide) groups is 1. The average molecular weight is 269 g/mol. The molecule has 0 saturated heterocycles. The molecule has 18 heavy (non-hydrogen) atoms. The average Bonchev–Trinajstić information content (AvgIpc) is 2.37. The first-order valence-corrected chi connectivity index (χ1v) is 7.52. The summed E-state index contributed by atoms with van der Waals surface area (Å²) in [5, 5.41) is 13.6. The van der Waals surface area contributed by atoms with Crippen LogP contribution < -0.4 is 10.1 Å². The Hall–Kier alpha value is -0.710. The fourth-order valence-electron chi connectivity index (χ4n) is 1.50. The van der Waals surface area contributed by atoms with Crippen LogP contribution in [0.5, 0.6) is 5.75 Å². The Morgan fingerprint density at radius 3 is 2.72 bits per heavy atom. The van der Waals surface area contributed by atoms with E-state index in [1.54, 1.807) is 0 Å². The molecular weight excluding hydrogens is 246 g/mol. The Morgan fingerprint density at radius 2 is 2.06 bits per heavy atom. The minimum atomic E-state index is -0.473. The van der Waals surface area contributed by atoms with Crippen molar-refractivity contribution in [2.45, 2.75) is 25.2 Å². The van der Waals surface area contributed by atoms with E-state index in [2.05, 4.69) is 18.5 Å².